The number of likely N-dealkylation sites (N-methyl/N-ethyl adjacent to an activating group) is 1. The molecule has 1 aliphatic heterocycles. The van der Waals surface area contributed by atoms with Gasteiger partial charge in [0.15, 0.2) is 0 Å². The van der Waals surface area contributed by atoms with E-state index in [0.717, 1.165) is 16.8 Å². The van der Waals surface area contributed by atoms with Crippen LogP contribution in [0.3, 0.4) is 0 Å². The van der Waals surface area contributed by atoms with Crippen molar-refractivity contribution in [2.75, 3.05) is 17.3 Å². The normalized spacial score (nSPS) is 15.7. The lowest BCUT2D eigenvalue weighted by Gasteiger charge is -2.21. The summed E-state index contributed by atoms with van der Waals surface area (Å²) >= 11 is 5.97. The van der Waals surface area contributed by atoms with E-state index in [1.165, 1.54) is 4.90 Å². The van der Waals surface area contributed by atoms with Crippen molar-refractivity contribution in [3.63, 3.8) is 0 Å². The number of amides is 3. The first-order valence-corrected chi connectivity index (χ1v) is 9.74. The Morgan fingerprint density at radius 2 is 1.73 bits per heavy atom. The second-order valence-electron chi connectivity index (χ2n) is 6.77. The molecule has 30 heavy (non-hydrogen) atoms. The third kappa shape index (κ3) is 4.04. The molecule has 3 aromatic carbocycles. The highest BCUT2D eigenvalue weighted by atomic mass is 35.5. The second kappa shape index (κ2) is 8.39. The van der Waals surface area contributed by atoms with Gasteiger partial charge in [-0.2, -0.15) is 0 Å². The molecule has 7 heteroatoms. The van der Waals surface area contributed by atoms with Crippen molar-refractivity contribution in [1.29, 1.82) is 0 Å². The first kappa shape index (κ1) is 19.7. The number of anilines is 2. The summed E-state index contributed by atoms with van der Waals surface area (Å²) in [5, 5.41) is 5.85. The van der Waals surface area contributed by atoms with Crippen LogP contribution in [-0.4, -0.2) is 30.9 Å². The van der Waals surface area contributed by atoms with E-state index in [1.54, 1.807) is 31.3 Å². The maximum absolute atomic E-state index is 13.1. The number of urea groups is 1. The van der Waals surface area contributed by atoms with Crippen LogP contribution in [0.4, 0.5) is 16.2 Å². The first-order chi connectivity index (χ1) is 14.5. The van der Waals surface area contributed by atoms with Crippen LogP contribution in [0.5, 0.6) is 0 Å². The van der Waals surface area contributed by atoms with Crippen LogP contribution in [0.1, 0.15) is 11.1 Å². The number of fused-ring (bicyclic) bond motifs is 1. The summed E-state index contributed by atoms with van der Waals surface area (Å²) in [6, 6.07) is 23.3. The number of nitrogens with zero attached hydrogens (tertiary/aromatic N) is 2. The molecule has 0 radical (unpaired) electrons. The smallest absolute Gasteiger partial charge is 0.311 e. The van der Waals surface area contributed by atoms with Crippen LogP contribution in [0, 0.1) is 0 Å². The molecule has 0 aromatic heterocycles. The summed E-state index contributed by atoms with van der Waals surface area (Å²) in [6.07, 6.45) is -1.09. The lowest BCUT2D eigenvalue weighted by Crippen LogP contribution is -2.47. The van der Waals surface area contributed by atoms with E-state index in [1.807, 2.05) is 54.6 Å². The fourth-order valence-electron chi connectivity index (χ4n) is 3.30. The maximum atomic E-state index is 13.1. The Kier molecular flexibility index (Phi) is 5.50. The molecule has 4 rings (SSSR count). The molecule has 0 bridgehead atoms. The molecule has 3 aromatic rings. The molecule has 2 N–H and O–H groups in total. The first-order valence-electron chi connectivity index (χ1n) is 9.36. The van der Waals surface area contributed by atoms with Crippen LogP contribution >= 0.6 is 11.6 Å². The van der Waals surface area contributed by atoms with Crippen LogP contribution in [0.25, 0.3) is 0 Å². The third-order valence-corrected chi connectivity index (χ3v) is 4.98. The molecule has 1 atom stereocenters. The number of hydrogen-bond donors (Lipinski definition) is 2. The molecule has 1 aliphatic rings. The standard InChI is InChI=1S/C23H19ClN4O2/c1-28-19-13-6-5-12-18(19)20(15-8-3-2-4-9-15)26-21(22(28)29)27-23(30)25-17-11-7-10-16(24)14-17/h2-14,21H,1H3,(H2,25,27,30)/t21-/m0/s1. The number of nitrogens with one attached hydrogen (secondary N) is 2. The lowest BCUT2D eigenvalue weighted by atomic mass is 10.0. The predicted molar refractivity (Wildman–Crippen MR) is 119 cm³/mol. The Morgan fingerprint density at radius 1 is 1.00 bits per heavy atom. The number of rotatable bonds is 3. The van der Waals surface area contributed by atoms with Crippen molar-refractivity contribution in [1.82, 2.24) is 5.32 Å². The van der Waals surface area contributed by atoms with E-state index in [2.05, 4.69) is 15.6 Å². The topological polar surface area (TPSA) is 73.8 Å². The number of benzodiazepines with no additional fused rings is 1. The van der Waals surface area contributed by atoms with E-state index in [4.69, 9.17) is 11.6 Å². The van der Waals surface area contributed by atoms with Gasteiger partial charge < -0.3 is 15.5 Å². The van der Waals surface area contributed by atoms with Crippen molar-refractivity contribution in [3.05, 3.63) is 95.0 Å². The lowest BCUT2D eigenvalue weighted by molar-refractivity contribution is -0.119. The highest BCUT2D eigenvalue weighted by Crippen LogP contribution is 2.27. The average Bonchev–Trinajstić information content (AvgIpc) is 2.85. The van der Waals surface area contributed by atoms with E-state index in [-0.39, 0.29) is 5.91 Å². The molecular formula is C23H19ClN4O2. The number of carbonyl (C=O) groups is 2. The Bertz CT molecular complexity index is 1130. The molecular weight excluding hydrogens is 400 g/mol. The molecule has 6 nitrogen and oxygen atoms in total. The van der Waals surface area contributed by atoms with E-state index in [0.29, 0.717) is 16.4 Å². The average molecular weight is 419 g/mol. The minimum absolute atomic E-state index is 0.338. The third-order valence-electron chi connectivity index (χ3n) is 4.74. The Labute approximate surface area is 179 Å². The second-order valence-corrected chi connectivity index (χ2v) is 7.21. The number of carbonyl (C=O) groups excluding carboxylic acids is 2. The largest absolute Gasteiger partial charge is 0.321 e. The molecule has 0 unspecified atom stereocenters. The highest BCUT2D eigenvalue weighted by Gasteiger charge is 2.30. The van der Waals surface area contributed by atoms with E-state index >= 15 is 0 Å². The fourth-order valence-corrected chi connectivity index (χ4v) is 3.49. The van der Waals surface area contributed by atoms with Gasteiger partial charge in [0.25, 0.3) is 5.91 Å². The van der Waals surface area contributed by atoms with E-state index in [9.17, 15) is 9.59 Å². The summed E-state index contributed by atoms with van der Waals surface area (Å²) in [7, 11) is 1.67. The predicted octanol–water partition coefficient (Wildman–Crippen LogP) is 4.30. The molecule has 0 fully saturated rings. The monoisotopic (exact) mass is 418 g/mol. The van der Waals surface area contributed by atoms with Crippen molar-refractivity contribution < 1.29 is 9.59 Å². The molecule has 3 amide bonds. The maximum Gasteiger partial charge on any atom is 0.321 e. The molecule has 0 aliphatic carbocycles. The summed E-state index contributed by atoms with van der Waals surface area (Å²) in [5.74, 6) is -0.338. The van der Waals surface area contributed by atoms with Crippen molar-refractivity contribution >= 4 is 40.6 Å². The van der Waals surface area contributed by atoms with Gasteiger partial charge in [-0.15, -0.1) is 0 Å². The van der Waals surface area contributed by atoms with Crippen LogP contribution in [-0.2, 0) is 4.79 Å². The fraction of sp³-hybridized carbons (Fsp3) is 0.0870. The molecule has 0 spiro atoms. The summed E-state index contributed by atoms with van der Waals surface area (Å²) < 4.78 is 0. The van der Waals surface area contributed by atoms with Gasteiger partial charge in [-0.3, -0.25) is 4.79 Å². The zero-order chi connectivity index (χ0) is 21.1. The summed E-state index contributed by atoms with van der Waals surface area (Å²) in [6.45, 7) is 0. The molecule has 150 valence electrons. The number of para-hydroxylation sites is 1. The van der Waals surface area contributed by atoms with Crippen LogP contribution < -0.4 is 15.5 Å². The zero-order valence-electron chi connectivity index (χ0n) is 16.2. The Morgan fingerprint density at radius 3 is 2.50 bits per heavy atom. The van der Waals surface area contributed by atoms with Gasteiger partial charge in [-0.1, -0.05) is 66.2 Å². The van der Waals surface area contributed by atoms with E-state index < -0.39 is 12.2 Å². The van der Waals surface area contributed by atoms with Gasteiger partial charge in [0, 0.05) is 28.9 Å². The van der Waals surface area contributed by atoms with Crippen LogP contribution in [0.2, 0.25) is 5.02 Å². The number of hydrogen-bond acceptors (Lipinski definition) is 3. The number of benzene rings is 3. The van der Waals surface area contributed by atoms with Crippen LogP contribution in [0.15, 0.2) is 83.9 Å². The van der Waals surface area contributed by atoms with Gasteiger partial charge in [0.1, 0.15) is 0 Å². The van der Waals surface area contributed by atoms with Gasteiger partial charge in [0.2, 0.25) is 6.17 Å². The Balaban J connectivity index is 1.69. The summed E-state index contributed by atoms with van der Waals surface area (Å²) in [4.78, 5) is 31.8. The molecule has 0 saturated heterocycles. The molecule has 1 heterocycles. The minimum atomic E-state index is -1.09. The van der Waals surface area contributed by atoms with Gasteiger partial charge in [-0.25, -0.2) is 9.79 Å². The van der Waals surface area contributed by atoms with Crippen molar-refractivity contribution in [2.24, 2.45) is 4.99 Å². The Hall–Kier alpha value is -3.64. The van der Waals surface area contributed by atoms with Gasteiger partial charge in [-0.05, 0) is 24.3 Å². The number of aliphatic imine (C=N–C) groups is 1. The van der Waals surface area contributed by atoms with Gasteiger partial charge >= 0.3 is 6.03 Å². The highest BCUT2D eigenvalue weighted by molar-refractivity contribution is 6.30. The quantitative estimate of drug-likeness (QED) is 0.665. The molecule has 0 saturated carbocycles. The van der Waals surface area contributed by atoms with Gasteiger partial charge in [0.05, 0.1) is 11.4 Å². The summed E-state index contributed by atoms with van der Waals surface area (Å²) in [5.41, 5.74) is 3.56. The zero-order valence-corrected chi connectivity index (χ0v) is 16.9. The number of halogens is 1. The van der Waals surface area contributed by atoms with Crippen molar-refractivity contribution in [3.8, 4) is 0 Å². The van der Waals surface area contributed by atoms with Crippen molar-refractivity contribution in [2.45, 2.75) is 6.17 Å². The minimum Gasteiger partial charge on any atom is -0.311 e. The SMILES string of the molecule is CN1C(=O)[C@H](NC(=O)Nc2cccc(Cl)c2)N=C(c2ccccc2)c2ccccc21.